The van der Waals surface area contributed by atoms with Crippen LogP contribution in [-0.2, 0) is 0 Å². The Morgan fingerprint density at radius 3 is 2.86 bits per heavy atom. The molecule has 0 saturated heterocycles. The highest BCUT2D eigenvalue weighted by Crippen LogP contribution is 2.25. The molecule has 0 unspecified atom stereocenters. The number of hydrogen-bond acceptors (Lipinski definition) is 5. The SMILES string of the molecule is COc1cccc(/C(C)=N\Nc2nc3ccccc3s2)c1. The van der Waals surface area contributed by atoms with Crippen molar-refractivity contribution in [3.8, 4) is 5.75 Å². The van der Waals surface area contributed by atoms with Gasteiger partial charge in [-0.3, -0.25) is 5.43 Å². The van der Waals surface area contributed by atoms with Gasteiger partial charge in [-0.05, 0) is 31.2 Å². The summed E-state index contributed by atoms with van der Waals surface area (Å²) in [5.74, 6) is 0.821. The number of rotatable bonds is 4. The normalized spacial score (nSPS) is 11.6. The summed E-state index contributed by atoms with van der Waals surface area (Å²) in [6.07, 6.45) is 0. The quantitative estimate of drug-likeness (QED) is 0.581. The van der Waals surface area contributed by atoms with E-state index < -0.39 is 0 Å². The molecule has 2 aromatic carbocycles. The third-order valence-electron chi connectivity index (χ3n) is 3.10. The lowest BCUT2D eigenvalue weighted by Gasteiger charge is -2.04. The zero-order chi connectivity index (χ0) is 14.7. The fourth-order valence-electron chi connectivity index (χ4n) is 1.96. The molecule has 0 aliphatic carbocycles. The maximum absolute atomic E-state index is 5.22. The maximum Gasteiger partial charge on any atom is 0.204 e. The standard InChI is InChI=1S/C16H15N3OS/c1-11(12-6-5-7-13(10-12)20-2)18-19-16-17-14-8-3-4-9-15(14)21-16/h3-10H,1-2H3,(H,17,19)/b18-11-. The second kappa shape index (κ2) is 5.93. The molecule has 3 rings (SSSR count). The average Bonchev–Trinajstić information content (AvgIpc) is 2.95. The number of fused-ring (bicyclic) bond motifs is 1. The van der Waals surface area contributed by atoms with Crippen LogP contribution in [0.25, 0.3) is 10.2 Å². The van der Waals surface area contributed by atoms with Gasteiger partial charge >= 0.3 is 0 Å². The molecule has 0 amide bonds. The third-order valence-corrected chi connectivity index (χ3v) is 4.04. The number of para-hydroxylation sites is 1. The van der Waals surface area contributed by atoms with Gasteiger partial charge < -0.3 is 4.74 Å². The molecule has 0 aliphatic heterocycles. The van der Waals surface area contributed by atoms with Crippen LogP contribution in [0.5, 0.6) is 5.75 Å². The van der Waals surface area contributed by atoms with Crippen LogP contribution in [0.1, 0.15) is 12.5 Å². The molecular formula is C16H15N3OS. The van der Waals surface area contributed by atoms with E-state index in [9.17, 15) is 0 Å². The van der Waals surface area contributed by atoms with Crippen LogP contribution in [0.3, 0.4) is 0 Å². The third kappa shape index (κ3) is 3.03. The van der Waals surface area contributed by atoms with Crippen molar-refractivity contribution in [2.24, 2.45) is 5.10 Å². The van der Waals surface area contributed by atoms with Crippen molar-refractivity contribution in [2.75, 3.05) is 12.5 Å². The van der Waals surface area contributed by atoms with Crippen LogP contribution in [0.2, 0.25) is 0 Å². The second-order valence-electron chi connectivity index (χ2n) is 4.53. The summed E-state index contributed by atoms with van der Waals surface area (Å²) >= 11 is 1.59. The van der Waals surface area contributed by atoms with Crippen molar-refractivity contribution in [1.82, 2.24) is 4.98 Å². The van der Waals surface area contributed by atoms with Crippen LogP contribution < -0.4 is 10.2 Å². The van der Waals surface area contributed by atoms with Crippen molar-refractivity contribution in [3.63, 3.8) is 0 Å². The van der Waals surface area contributed by atoms with Crippen LogP contribution in [0.15, 0.2) is 53.6 Å². The Morgan fingerprint density at radius 2 is 2.05 bits per heavy atom. The molecule has 1 aromatic heterocycles. The van der Waals surface area contributed by atoms with Gasteiger partial charge in [-0.2, -0.15) is 5.10 Å². The first-order valence-electron chi connectivity index (χ1n) is 6.56. The minimum atomic E-state index is 0.790. The van der Waals surface area contributed by atoms with Crippen molar-refractivity contribution in [2.45, 2.75) is 6.92 Å². The first-order valence-corrected chi connectivity index (χ1v) is 7.38. The van der Waals surface area contributed by atoms with Gasteiger partial charge in [-0.25, -0.2) is 4.98 Å². The van der Waals surface area contributed by atoms with E-state index in [1.165, 1.54) is 0 Å². The molecule has 0 spiro atoms. The molecule has 5 heteroatoms. The number of hydrazone groups is 1. The first kappa shape index (κ1) is 13.6. The number of benzene rings is 2. The van der Waals surface area contributed by atoms with Crippen molar-refractivity contribution >= 4 is 32.4 Å². The lowest BCUT2D eigenvalue weighted by atomic mass is 10.1. The monoisotopic (exact) mass is 297 g/mol. The van der Waals surface area contributed by atoms with E-state index in [0.29, 0.717) is 0 Å². The summed E-state index contributed by atoms with van der Waals surface area (Å²) in [4.78, 5) is 4.49. The number of thiazole rings is 1. The minimum Gasteiger partial charge on any atom is -0.497 e. The molecule has 0 radical (unpaired) electrons. The van der Waals surface area contributed by atoms with Gasteiger partial charge in [0.1, 0.15) is 5.75 Å². The minimum absolute atomic E-state index is 0.790. The lowest BCUT2D eigenvalue weighted by Crippen LogP contribution is -1.99. The van der Waals surface area contributed by atoms with Crippen molar-refractivity contribution in [1.29, 1.82) is 0 Å². The molecule has 0 bridgehead atoms. The molecule has 21 heavy (non-hydrogen) atoms. The lowest BCUT2D eigenvalue weighted by molar-refractivity contribution is 0.414. The molecule has 3 aromatic rings. The molecule has 106 valence electrons. The predicted octanol–water partition coefficient (Wildman–Crippen LogP) is 4.14. The zero-order valence-electron chi connectivity index (χ0n) is 11.8. The molecule has 1 N–H and O–H groups in total. The molecular weight excluding hydrogens is 282 g/mol. The van der Waals surface area contributed by atoms with Gasteiger partial charge in [-0.1, -0.05) is 35.6 Å². The van der Waals surface area contributed by atoms with Gasteiger partial charge in [0, 0.05) is 5.56 Å². The van der Waals surface area contributed by atoms with E-state index in [1.807, 2.05) is 49.4 Å². The summed E-state index contributed by atoms with van der Waals surface area (Å²) in [5.41, 5.74) is 5.91. The second-order valence-corrected chi connectivity index (χ2v) is 5.56. The number of methoxy groups -OCH3 is 1. The fourth-order valence-corrected chi connectivity index (χ4v) is 2.77. The van der Waals surface area contributed by atoms with Gasteiger partial charge in [0.25, 0.3) is 0 Å². The highest BCUT2D eigenvalue weighted by molar-refractivity contribution is 7.22. The molecule has 0 atom stereocenters. The summed E-state index contributed by atoms with van der Waals surface area (Å²) in [6.45, 7) is 1.95. The summed E-state index contributed by atoms with van der Waals surface area (Å²) < 4.78 is 6.37. The molecule has 0 aliphatic rings. The molecule has 0 saturated carbocycles. The van der Waals surface area contributed by atoms with E-state index in [4.69, 9.17) is 4.74 Å². The Hall–Kier alpha value is -2.40. The summed E-state index contributed by atoms with van der Waals surface area (Å²) in [7, 11) is 1.66. The van der Waals surface area contributed by atoms with E-state index in [-0.39, 0.29) is 0 Å². The molecule has 1 heterocycles. The average molecular weight is 297 g/mol. The number of anilines is 1. The van der Waals surface area contributed by atoms with Gasteiger partial charge in [0.2, 0.25) is 5.13 Å². The summed E-state index contributed by atoms with van der Waals surface area (Å²) in [6, 6.07) is 15.9. The number of ether oxygens (including phenoxy) is 1. The highest BCUT2D eigenvalue weighted by Gasteiger charge is 2.03. The van der Waals surface area contributed by atoms with E-state index >= 15 is 0 Å². The Balaban J connectivity index is 1.80. The highest BCUT2D eigenvalue weighted by atomic mass is 32.1. The predicted molar refractivity (Wildman–Crippen MR) is 88.4 cm³/mol. The molecule has 0 fully saturated rings. The van der Waals surface area contributed by atoms with E-state index in [0.717, 1.165) is 32.4 Å². The fraction of sp³-hybridized carbons (Fsp3) is 0.125. The van der Waals surface area contributed by atoms with Crippen molar-refractivity contribution < 1.29 is 4.74 Å². The van der Waals surface area contributed by atoms with Gasteiger partial charge in [-0.15, -0.1) is 0 Å². The largest absolute Gasteiger partial charge is 0.497 e. The Labute approximate surface area is 127 Å². The van der Waals surface area contributed by atoms with Crippen LogP contribution in [0.4, 0.5) is 5.13 Å². The van der Waals surface area contributed by atoms with Gasteiger partial charge in [0.05, 0.1) is 23.0 Å². The Morgan fingerprint density at radius 1 is 1.19 bits per heavy atom. The van der Waals surface area contributed by atoms with Crippen LogP contribution in [0, 0.1) is 0 Å². The molecule has 4 nitrogen and oxygen atoms in total. The zero-order valence-corrected chi connectivity index (χ0v) is 12.6. The van der Waals surface area contributed by atoms with Crippen LogP contribution in [-0.4, -0.2) is 17.8 Å². The number of hydrogen-bond donors (Lipinski definition) is 1. The van der Waals surface area contributed by atoms with Gasteiger partial charge in [0.15, 0.2) is 0 Å². The Bertz CT molecular complexity index is 762. The van der Waals surface area contributed by atoms with Crippen LogP contribution >= 0.6 is 11.3 Å². The van der Waals surface area contributed by atoms with E-state index in [2.05, 4.69) is 21.6 Å². The summed E-state index contributed by atoms with van der Waals surface area (Å²) in [5, 5.41) is 5.18. The first-order chi connectivity index (χ1) is 10.3. The number of aromatic nitrogens is 1. The number of nitrogens with one attached hydrogen (secondary N) is 1. The Kier molecular flexibility index (Phi) is 3.83. The topological polar surface area (TPSA) is 46.5 Å². The van der Waals surface area contributed by atoms with E-state index in [1.54, 1.807) is 18.4 Å². The van der Waals surface area contributed by atoms with Crippen molar-refractivity contribution in [3.05, 3.63) is 54.1 Å². The number of nitrogens with zero attached hydrogens (tertiary/aromatic N) is 2. The maximum atomic E-state index is 5.22. The smallest absolute Gasteiger partial charge is 0.204 e.